The molecule has 84 valence electrons. The molecule has 1 aromatic rings. The molecule has 1 aliphatic heterocycles. The molecule has 0 bridgehead atoms. The highest BCUT2D eigenvalue weighted by Crippen LogP contribution is 2.27. The molecule has 1 amide bonds. The van der Waals surface area contributed by atoms with Crippen LogP contribution in [0.3, 0.4) is 0 Å². The van der Waals surface area contributed by atoms with Crippen LogP contribution >= 0.6 is 11.9 Å². The van der Waals surface area contributed by atoms with Crippen molar-refractivity contribution in [2.45, 2.75) is 18.2 Å². The molecule has 4 nitrogen and oxygen atoms in total. The number of benzene rings is 1. The second-order valence-corrected chi connectivity index (χ2v) is 4.45. The summed E-state index contributed by atoms with van der Waals surface area (Å²) in [5.41, 5.74) is 1.07. The van der Waals surface area contributed by atoms with Gasteiger partial charge in [-0.05, 0) is 36.6 Å². The van der Waals surface area contributed by atoms with Crippen molar-refractivity contribution < 1.29 is 9.59 Å². The average molecular weight is 236 g/mol. The molecule has 0 radical (unpaired) electrons. The summed E-state index contributed by atoms with van der Waals surface area (Å²) in [5.74, 6) is -0.994. The van der Waals surface area contributed by atoms with E-state index in [2.05, 4.69) is 17.0 Å². The molecule has 1 aromatic carbocycles. The smallest absolute Gasteiger partial charge is 0.296 e. The van der Waals surface area contributed by atoms with Gasteiger partial charge in [-0.1, -0.05) is 6.92 Å². The Bertz CT molecular complexity index is 446. The molecule has 2 rings (SSSR count). The Morgan fingerprint density at radius 1 is 1.38 bits per heavy atom. The van der Waals surface area contributed by atoms with Gasteiger partial charge in [0.25, 0.3) is 11.7 Å². The molecule has 0 spiro atoms. The van der Waals surface area contributed by atoms with E-state index in [4.69, 9.17) is 0 Å². The molecule has 0 unspecified atom stereocenters. The molecule has 0 fully saturated rings. The summed E-state index contributed by atoms with van der Waals surface area (Å²) >= 11 is 1.47. The highest BCUT2D eigenvalue weighted by atomic mass is 32.2. The number of nitrogens with one attached hydrogen (secondary N) is 2. The number of amides is 1. The number of ketones is 1. The van der Waals surface area contributed by atoms with Crippen molar-refractivity contribution in [1.29, 1.82) is 0 Å². The average Bonchev–Trinajstić information content (AvgIpc) is 2.56. The van der Waals surface area contributed by atoms with Crippen molar-refractivity contribution in [3.05, 3.63) is 23.8 Å². The van der Waals surface area contributed by atoms with Crippen molar-refractivity contribution in [1.82, 2.24) is 4.72 Å². The van der Waals surface area contributed by atoms with E-state index in [9.17, 15) is 9.59 Å². The maximum Gasteiger partial charge on any atom is 0.296 e. The molecule has 1 heterocycles. The summed E-state index contributed by atoms with van der Waals surface area (Å²) in [6.07, 6.45) is 1.05. The molecule has 1 aliphatic rings. The first kappa shape index (κ1) is 11.2. The zero-order valence-electron chi connectivity index (χ0n) is 8.87. The fourth-order valence-electron chi connectivity index (χ4n) is 1.42. The van der Waals surface area contributed by atoms with Crippen LogP contribution < -0.4 is 10.0 Å². The summed E-state index contributed by atoms with van der Waals surface area (Å²) in [6, 6.07) is 5.38. The van der Waals surface area contributed by atoms with Crippen LogP contribution in [0.15, 0.2) is 23.1 Å². The molecule has 0 aliphatic carbocycles. The number of carbonyl (C=O) groups is 2. The summed E-state index contributed by atoms with van der Waals surface area (Å²) in [7, 11) is 0. The molecule has 0 saturated carbocycles. The second kappa shape index (κ2) is 4.67. The van der Waals surface area contributed by atoms with Gasteiger partial charge in [-0.15, -0.1) is 0 Å². The summed E-state index contributed by atoms with van der Waals surface area (Å²) in [6.45, 7) is 3.00. The van der Waals surface area contributed by atoms with Gasteiger partial charge in [0.05, 0.1) is 11.3 Å². The first-order valence-corrected chi connectivity index (χ1v) is 5.93. The minimum Gasteiger partial charge on any atom is -0.318 e. The molecule has 2 N–H and O–H groups in total. The lowest BCUT2D eigenvalue weighted by atomic mass is 10.1. The number of rotatable bonds is 4. The number of carbonyl (C=O) groups excluding carboxylic acids is 2. The minimum atomic E-state index is -0.543. The topological polar surface area (TPSA) is 58.2 Å². The van der Waals surface area contributed by atoms with E-state index in [1.54, 1.807) is 12.1 Å². The highest BCUT2D eigenvalue weighted by molar-refractivity contribution is 7.97. The first-order chi connectivity index (χ1) is 7.72. The van der Waals surface area contributed by atoms with Crippen molar-refractivity contribution in [2.75, 3.05) is 11.9 Å². The van der Waals surface area contributed by atoms with Gasteiger partial charge in [0.2, 0.25) is 0 Å². The van der Waals surface area contributed by atoms with Gasteiger partial charge >= 0.3 is 0 Å². The zero-order valence-corrected chi connectivity index (χ0v) is 9.69. The number of hydrogen-bond acceptors (Lipinski definition) is 4. The predicted octanol–water partition coefficient (Wildman–Crippen LogP) is 1.83. The van der Waals surface area contributed by atoms with E-state index in [-0.39, 0.29) is 0 Å². The monoisotopic (exact) mass is 236 g/mol. The van der Waals surface area contributed by atoms with Gasteiger partial charge < -0.3 is 5.32 Å². The van der Waals surface area contributed by atoms with Crippen molar-refractivity contribution >= 4 is 29.3 Å². The Kier molecular flexibility index (Phi) is 3.26. The second-order valence-electron chi connectivity index (χ2n) is 3.49. The third-order valence-corrected chi connectivity index (χ3v) is 3.07. The van der Waals surface area contributed by atoms with Crippen LogP contribution in [0.4, 0.5) is 5.69 Å². The number of Topliss-reactive ketones (excluding diaryl/α,β-unsaturated/α-hetero) is 1. The summed E-state index contributed by atoms with van der Waals surface area (Å²) < 4.78 is 3.17. The van der Waals surface area contributed by atoms with Crippen LogP contribution in [0.5, 0.6) is 0 Å². The summed E-state index contributed by atoms with van der Waals surface area (Å²) in [5, 5.41) is 2.52. The van der Waals surface area contributed by atoms with Gasteiger partial charge in [0.1, 0.15) is 0 Å². The van der Waals surface area contributed by atoms with E-state index >= 15 is 0 Å². The normalized spacial score (nSPS) is 13.8. The third kappa shape index (κ3) is 2.10. The minimum absolute atomic E-state index is 0.451. The van der Waals surface area contributed by atoms with Crippen molar-refractivity contribution in [3.63, 3.8) is 0 Å². The third-order valence-electron chi connectivity index (χ3n) is 2.23. The van der Waals surface area contributed by atoms with E-state index in [0.717, 1.165) is 17.9 Å². The van der Waals surface area contributed by atoms with E-state index in [0.29, 0.717) is 11.3 Å². The van der Waals surface area contributed by atoms with Gasteiger partial charge in [-0.3, -0.25) is 14.3 Å². The maximum atomic E-state index is 11.4. The van der Waals surface area contributed by atoms with Crippen LogP contribution in [0, 0.1) is 0 Å². The number of anilines is 1. The summed E-state index contributed by atoms with van der Waals surface area (Å²) in [4.78, 5) is 23.5. The van der Waals surface area contributed by atoms with Gasteiger partial charge in [0, 0.05) is 11.4 Å². The fraction of sp³-hybridized carbons (Fsp3) is 0.273. The van der Waals surface area contributed by atoms with Crippen molar-refractivity contribution in [2.24, 2.45) is 0 Å². The lowest BCUT2D eigenvalue weighted by Gasteiger charge is -2.03. The Morgan fingerprint density at radius 3 is 2.94 bits per heavy atom. The van der Waals surface area contributed by atoms with E-state index in [1.807, 2.05) is 6.07 Å². The van der Waals surface area contributed by atoms with E-state index in [1.165, 1.54) is 11.9 Å². The molecule has 5 heteroatoms. The molecule has 0 aromatic heterocycles. The number of fused-ring (bicyclic) bond motifs is 1. The largest absolute Gasteiger partial charge is 0.318 e. The SMILES string of the molecule is CCCNSc1ccc2c(c1)C(=O)C(=O)N2. The standard InChI is InChI=1S/C11H12N2O2S/c1-2-5-12-16-7-3-4-9-8(6-7)10(14)11(15)13-9/h3-4,6,12H,2,5H2,1H3,(H,13,14,15). The lowest BCUT2D eigenvalue weighted by Crippen LogP contribution is -2.12. The van der Waals surface area contributed by atoms with Gasteiger partial charge in [0.15, 0.2) is 0 Å². The molecular weight excluding hydrogens is 224 g/mol. The van der Waals surface area contributed by atoms with Gasteiger partial charge in [-0.2, -0.15) is 0 Å². The molecule has 0 atom stereocenters. The molecule has 16 heavy (non-hydrogen) atoms. The molecular formula is C11H12N2O2S. The van der Waals surface area contributed by atoms with Crippen LogP contribution in [-0.2, 0) is 4.79 Å². The van der Waals surface area contributed by atoms with Crippen LogP contribution in [-0.4, -0.2) is 18.2 Å². The van der Waals surface area contributed by atoms with Crippen molar-refractivity contribution in [3.8, 4) is 0 Å². The van der Waals surface area contributed by atoms with Gasteiger partial charge in [-0.25, -0.2) is 0 Å². The Balaban J connectivity index is 2.14. The fourth-order valence-corrected chi connectivity index (χ4v) is 2.21. The van der Waals surface area contributed by atoms with E-state index < -0.39 is 11.7 Å². The van der Waals surface area contributed by atoms with Crippen LogP contribution in [0.2, 0.25) is 0 Å². The number of hydrogen-bond donors (Lipinski definition) is 2. The quantitative estimate of drug-likeness (QED) is 0.475. The molecule has 0 saturated heterocycles. The predicted molar refractivity (Wildman–Crippen MR) is 63.6 cm³/mol. The lowest BCUT2D eigenvalue weighted by molar-refractivity contribution is -0.112. The Hall–Kier alpha value is -1.33. The highest BCUT2D eigenvalue weighted by Gasteiger charge is 2.27. The Morgan fingerprint density at radius 2 is 2.19 bits per heavy atom. The van der Waals surface area contributed by atoms with Crippen LogP contribution in [0.1, 0.15) is 23.7 Å². The first-order valence-electron chi connectivity index (χ1n) is 5.12. The maximum absolute atomic E-state index is 11.4. The zero-order chi connectivity index (χ0) is 11.5. The Labute approximate surface area is 97.9 Å². The van der Waals surface area contributed by atoms with Crippen LogP contribution in [0.25, 0.3) is 0 Å².